The molecular weight excluding hydrogens is 368 g/mol. The molecule has 27 heavy (non-hydrogen) atoms. The lowest BCUT2D eigenvalue weighted by atomic mass is 9.58. The molecule has 1 aliphatic carbocycles. The maximum atomic E-state index is 11.4. The Kier molecular flexibility index (Phi) is 7.88. The Morgan fingerprint density at radius 3 is 1.78 bits per heavy atom. The number of carboxylic acid groups (broad SMARTS) is 1. The summed E-state index contributed by atoms with van der Waals surface area (Å²) < 4.78 is 0. The summed E-state index contributed by atoms with van der Waals surface area (Å²) in [4.78, 5) is 11.4. The van der Waals surface area contributed by atoms with Crippen molar-refractivity contribution < 1.29 is 55.9 Å². The summed E-state index contributed by atoms with van der Waals surface area (Å²) in [5, 5.41) is 99.1. The molecule has 1 rings (SSSR count). The molecule has 0 saturated carbocycles. The molecule has 6 atom stereocenters. The maximum absolute atomic E-state index is 11.4. The van der Waals surface area contributed by atoms with E-state index in [9.17, 15) is 40.5 Å². The van der Waals surface area contributed by atoms with Crippen LogP contribution < -0.4 is 0 Å². The highest BCUT2D eigenvalue weighted by atomic mass is 16.4. The molecule has 1 aliphatic rings. The molecule has 6 unspecified atom stereocenters. The van der Waals surface area contributed by atoms with Crippen molar-refractivity contribution in [2.45, 2.75) is 60.8 Å². The smallest absolute Gasteiger partial charge is 0.331 e. The van der Waals surface area contributed by atoms with E-state index in [1.165, 1.54) is 0 Å². The Hall–Kier alpha value is -1.15. The Morgan fingerprint density at radius 2 is 1.33 bits per heavy atom. The van der Waals surface area contributed by atoms with Crippen LogP contribution in [0.2, 0.25) is 0 Å². The topological polar surface area (TPSA) is 219 Å². The van der Waals surface area contributed by atoms with Gasteiger partial charge in [0.05, 0.1) is 38.1 Å². The number of carbonyl (C=O) groups is 1. The minimum Gasteiger partial charge on any atom is -0.478 e. The van der Waals surface area contributed by atoms with Crippen molar-refractivity contribution in [3.8, 4) is 0 Å². The second-order valence-corrected chi connectivity index (χ2v) is 7.09. The van der Waals surface area contributed by atoms with Crippen LogP contribution in [0.4, 0.5) is 0 Å². The first kappa shape index (κ1) is 23.9. The first-order valence-electron chi connectivity index (χ1n) is 8.37. The van der Waals surface area contributed by atoms with Crippen molar-refractivity contribution in [1.82, 2.24) is 0 Å². The van der Waals surface area contributed by atoms with Crippen LogP contribution in [0, 0.1) is 0 Å². The lowest BCUT2D eigenvalue weighted by molar-refractivity contribution is -0.263. The zero-order valence-corrected chi connectivity index (χ0v) is 14.6. The number of hydrogen-bond donors (Lipinski definition) is 10. The third kappa shape index (κ3) is 4.83. The van der Waals surface area contributed by atoms with Gasteiger partial charge < -0.3 is 51.1 Å². The van der Waals surface area contributed by atoms with Crippen molar-refractivity contribution >= 4 is 5.97 Å². The van der Waals surface area contributed by atoms with Gasteiger partial charge in [-0.25, -0.2) is 4.79 Å². The number of aliphatic carboxylic acids is 1. The van der Waals surface area contributed by atoms with E-state index in [4.69, 9.17) is 15.3 Å². The third-order valence-electron chi connectivity index (χ3n) is 4.94. The summed E-state index contributed by atoms with van der Waals surface area (Å²) >= 11 is 0. The van der Waals surface area contributed by atoms with Gasteiger partial charge in [-0.15, -0.1) is 0 Å². The summed E-state index contributed by atoms with van der Waals surface area (Å²) in [6.45, 7) is -2.56. The van der Waals surface area contributed by atoms with Crippen LogP contribution in [-0.2, 0) is 4.79 Å². The van der Waals surface area contributed by atoms with E-state index in [1.54, 1.807) is 0 Å². The molecule has 11 heteroatoms. The Bertz CT molecular complexity index is 552. The fraction of sp³-hybridized carbons (Fsp3) is 0.812. The lowest BCUT2D eigenvalue weighted by Gasteiger charge is -2.55. The van der Waals surface area contributed by atoms with E-state index in [2.05, 4.69) is 0 Å². The van der Waals surface area contributed by atoms with Gasteiger partial charge in [-0.1, -0.05) is 0 Å². The Labute approximate surface area is 155 Å². The molecule has 0 aliphatic heterocycles. The van der Waals surface area contributed by atoms with Crippen molar-refractivity contribution in [2.24, 2.45) is 0 Å². The van der Waals surface area contributed by atoms with Crippen molar-refractivity contribution in [1.29, 1.82) is 0 Å². The van der Waals surface area contributed by atoms with Crippen LogP contribution in [0.3, 0.4) is 0 Å². The van der Waals surface area contributed by atoms with Crippen LogP contribution >= 0.6 is 0 Å². The number of hydrogen-bond acceptors (Lipinski definition) is 10. The number of aliphatic hydroxyl groups excluding tert-OH is 6. The zero-order chi connectivity index (χ0) is 21.0. The molecule has 0 aromatic carbocycles. The molecule has 0 saturated heterocycles. The minimum atomic E-state index is -2.74. The average Bonchev–Trinajstić information content (AvgIpc) is 2.59. The van der Waals surface area contributed by atoms with Crippen LogP contribution in [0.15, 0.2) is 11.6 Å². The van der Waals surface area contributed by atoms with Crippen LogP contribution in [0.25, 0.3) is 0 Å². The van der Waals surface area contributed by atoms with Crippen molar-refractivity contribution in [2.75, 3.05) is 19.8 Å². The third-order valence-corrected chi connectivity index (χ3v) is 4.94. The zero-order valence-electron chi connectivity index (χ0n) is 14.6. The summed E-state index contributed by atoms with van der Waals surface area (Å²) in [5.74, 6) is -1.55. The summed E-state index contributed by atoms with van der Waals surface area (Å²) in [5.41, 5.74) is -8.50. The molecule has 0 aromatic rings. The molecule has 0 radical (unpaired) electrons. The summed E-state index contributed by atoms with van der Waals surface area (Å²) in [6, 6.07) is 0. The van der Waals surface area contributed by atoms with E-state index in [0.29, 0.717) is 6.08 Å². The highest BCUT2D eigenvalue weighted by Crippen LogP contribution is 2.49. The predicted molar refractivity (Wildman–Crippen MR) is 88.3 cm³/mol. The molecule has 0 bridgehead atoms. The molecule has 158 valence electrons. The fourth-order valence-corrected chi connectivity index (χ4v) is 3.58. The van der Waals surface area contributed by atoms with Crippen molar-refractivity contribution in [3.05, 3.63) is 11.6 Å². The second kappa shape index (κ2) is 8.90. The molecule has 0 heterocycles. The van der Waals surface area contributed by atoms with Gasteiger partial charge in [0.15, 0.2) is 0 Å². The summed E-state index contributed by atoms with van der Waals surface area (Å²) in [7, 11) is 0. The standard InChI is InChI=1S/C16H28O11/c17-6-10(20)3-14(25)1-9(13(23)24)2-15(26,4-11(21)7-18)16(14,27)5-12(22)8-19/h1,10-12,17-22,25-27H,2-8H2,(H,23,24). The van der Waals surface area contributed by atoms with Gasteiger partial charge in [-0.05, 0) is 6.08 Å². The van der Waals surface area contributed by atoms with E-state index >= 15 is 0 Å². The molecule has 0 amide bonds. The molecule has 0 fully saturated rings. The maximum Gasteiger partial charge on any atom is 0.331 e. The van der Waals surface area contributed by atoms with Gasteiger partial charge >= 0.3 is 5.97 Å². The van der Waals surface area contributed by atoms with E-state index < -0.39 is 92.2 Å². The molecule has 11 nitrogen and oxygen atoms in total. The van der Waals surface area contributed by atoms with Crippen LogP contribution in [0.1, 0.15) is 25.7 Å². The Balaban J connectivity index is 3.59. The second-order valence-electron chi connectivity index (χ2n) is 7.09. The van der Waals surface area contributed by atoms with Crippen LogP contribution in [0.5, 0.6) is 0 Å². The monoisotopic (exact) mass is 396 g/mol. The quantitative estimate of drug-likeness (QED) is 0.171. The van der Waals surface area contributed by atoms with Gasteiger partial charge in [0, 0.05) is 31.3 Å². The lowest BCUT2D eigenvalue weighted by Crippen LogP contribution is -2.72. The largest absolute Gasteiger partial charge is 0.478 e. The van der Waals surface area contributed by atoms with E-state index in [-0.39, 0.29) is 0 Å². The van der Waals surface area contributed by atoms with E-state index in [0.717, 1.165) is 0 Å². The first-order chi connectivity index (χ1) is 12.4. The number of carboxylic acids is 1. The number of aliphatic hydroxyl groups is 9. The van der Waals surface area contributed by atoms with Gasteiger partial charge in [0.2, 0.25) is 0 Å². The van der Waals surface area contributed by atoms with E-state index in [1.807, 2.05) is 0 Å². The molecular formula is C16H28O11. The van der Waals surface area contributed by atoms with Gasteiger partial charge in [0.1, 0.15) is 16.8 Å². The van der Waals surface area contributed by atoms with Crippen molar-refractivity contribution in [3.63, 3.8) is 0 Å². The SMILES string of the molecule is O=C(O)C1=CC(O)(CC(O)CO)C(O)(CC(O)CO)C(O)(CC(O)CO)C1. The fourth-order valence-electron chi connectivity index (χ4n) is 3.58. The van der Waals surface area contributed by atoms with Gasteiger partial charge in [-0.2, -0.15) is 0 Å². The minimum absolute atomic E-state index is 0.543. The van der Waals surface area contributed by atoms with Gasteiger partial charge in [0.25, 0.3) is 0 Å². The summed E-state index contributed by atoms with van der Waals surface area (Å²) in [6.07, 6.45) is -7.37. The first-order valence-corrected chi connectivity index (χ1v) is 8.37. The molecule has 10 N–H and O–H groups in total. The predicted octanol–water partition coefficient (Wildman–Crippen LogP) is -4.18. The highest BCUT2D eigenvalue weighted by molar-refractivity contribution is 5.87. The molecule has 0 aromatic heterocycles. The molecule has 0 spiro atoms. The highest BCUT2D eigenvalue weighted by Gasteiger charge is 2.64. The van der Waals surface area contributed by atoms with Crippen LogP contribution in [-0.4, -0.2) is 112 Å². The average molecular weight is 396 g/mol. The number of rotatable bonds is 10. The normalized spacial score (nSPS) is 34.6. The Morgan fingerprint density at radius 1 is 0.889 bits per heavy atom. The van der Waals surface area contributed by atoms with Gasteiger partial charge in [-0.3, -0.25) is 0 Å².